The molecule has 2 rings (SSSR count). The molecule has 0 aliphatic rings. The fourth-order valence-corrected chi connectivity index (χ4v) is 3.00. The number of benzene rings is 2. The maximum absolute atomic E-state index is 9.88. The standard InChI is InChI=1S/C20H28N2O2/c1-4-22(5-2)18(17-9-7-6-8-10-17)15-21-14-16-11-12-20(24-3)19(23)13-16/h6-13,18,21,23H,4-5,14-15H2,1-3H3. The third-order valence-electron chi connectivity index (χ3n) is 4.35. The monoisotopic (exact) mass is 328 g/mol. The van der Waals surface area contributed by atoms with Gasteiger partial charge < -0.3 is 15.2 Å². The highest BCUT2D eigenvalue weighted by Crippen LogP contribution is 2.26. The molecule has 2 aromatic carbocycles. The molecule has 2 N–H and O–H groups in total. The number of nitrogens with zero attached hydrogens (tertiary/aromatic N) is 1. The molecule has 130 valence electrons. The number of phenols is 1. The average molecular weight is 328 g/mol. The summed E-state index contributed by atoms with van der Waals surface area (Å²) in [5.41, 5.74) is 2.37. The van der Waals surface area contributed by atoms with E-state index in [1.165, 1.54) is 5.56 Å². The summed E-state index contributed by atoms with van der Waals surface area (Å²) >= 11 is 0. The van der Waals surface area contributed by atoms with Crippen molar-refractivity contribution in [3.8, 4) is 11.5 Å². The molecule has 0 spiro atoms. The van der Waals surface area contributed by atoms with E-state index in [1.54, 1.807) is 19.2 Å². The van der Waals surface area contributed by atoms with E-state index in [0.29, 0.717) is 18.3 Å². The highest BCUT2D eigenvalue weighted by Gasteiger charge is 2.17. The Morgan fingerprint density at radius 1 is 1.08 bits per heavy atom. The van der Waals surface area contributed by atoms with Crippen molar-refractivity contribution < 1.29 is 9.84 Å². The number of nitrogens with one attached hydrogen (secondary N) is 1. The number of rotatable bonds is 9. The molecule has 1 unspecified atom stereocenters. The van der Waals surface area contributed by atoms with Crippen LogP contribution in [0.5, 0.6) is 11.5 Å². The van der Waals surface area contributed by atoms with Crippen LogP contribution in [0.25, 0.3) is 0 Å². The van der Waals surface area contributed by atoms with Crippen LogP contribution in [-0.2, 0) is 6.54 Å². The largest absolute Gasteiger partial charge is 0.504 e. The normalized spacial score (nSPS) is 12.3. The van der Waals surface area contributed by atoms with Gasteiger partial charge in [0.05, 0.1) is 7.11 Å². The number of likely N-dealkylation sites (N-methyl/N-ethyl adjacent to an activating group) is 1. The fourth-order valence-electron chi connectivity index (χ4n) is 3.00. The predicted molar refractivity (Wildman–Crippen MR) is 98.5 cm³/mol. The van der Waals surface area contributed by atoms with Crippen molar-refractivity contribution in [1.82, 2.24) is 10.2 Å². The first kappa shape index (κ1) is 18.3. The summed E-state index contributed by atoms with van der Waals surface area (Å²) in [5.74, 6) is 0.684. The number of ether oxygens (including phenoxy) is 1. The SMILES string of the molecule is CCN(CC)C(CNCc1ccc(OC)c(O)c1)c1ccccc1. The number of hydrogen-bond acceptors (Lipinski definition) is 4. The number of hydrogen-bond donors (Lipinski definition) is 2. The molecule has 0 bridgehead atoms. The Labute approximate surface area is 145 Å². The van der Waals surface area contributed by atoms with Crippen molar-refractivity contribution in [3.63, 3.8) is 0 Å². The van der Waals surface area contributed by atoms with Gasteiger partial charge in [-0.3, -0.25) is 4.90 Å². The average Bonchev–Trinajstić information content (AvgIpc) is 2.62. The third-order valence-corrected chi connectivity index (χ3v) is 4.35. The van der Waals surface area contributed by atoms with Gasteiger partial charge in [-0.25, -0.2) is 0 Å². The van der Waals surface area contributed by atoms with Crippen LogP contribution in [0.3, 0.4) is 0 Å². The van der Waals surface area contributed by atoms with Crippen molar-refractivity contribution in [2.24, 2.45) is 0 Å². The van der Waals surface area contributed by atoms with Gasteiger partial charge in [0.1, 0.15) is 0 Å². The van der Waals surface area contributed by atoms with Gasteiger partial charge >= 0.3 is 0 Å². The van der Waals surface area contributed by atoms with E-state index < -0.39 is 0 Å². The van der Waals surface area contributed by atoms with Crippen LogP contribution >= 0.6 is 0 Å². The van der Waals surface area contributed by atoms with Gasteiger partial charge in [0.25, 0.3) is 0 Å². The second-order valence-corrected chi connectivity index (χ2v) is 5.78. The summed E-state index contributed by atoms with van der Waals surface area (Å²) < 4.78 is 5.08. The summed E-state index contributed by atoms with van der Waals surface area (Å²) in [4.78, 5) is 2.45. The van der Waals surface area contributed by atoms with Crippen molar-refractivity contribution in [2.75, 3.05) is 26.7 Å². The topological polar surface area (TPSA) is 44.7 Å². The molecule has 0 saturated carbocycles. The number of aromatic hydroxyl groups is 1. The molecule has 0 saturated heterocycles. The van der Waals surface area contributed by atoms with Crippen LogP contribution in [0.15, 0.2) is 48.5 Å². The van der Waals surface area contributed by atoms with E-state index in [9.17, 15) is 5.11 Å². The predicted octanol–water partition coefficient (Wildman–Crippen LogP) is 3.57. The third kappa shape index (κ3) is 4.73. The lowest BCUT2D eigenvalue weighted by Gasteiger charge is -2.30. The van der Waals surface area contributed by atoms with Crippen LogP contribution in [-0.4, -0.2) is 36.8 Å². The lowest BCUT2D eigenvalue weighted by Crippen LogP contribution is -2.35. The summed E-state index contributed by atoms with van der Waals surface area (Å²) in [7, 11) is 1.56. The molecule has 0 aliphatic carbocycles. The zero-order valence-corrected chi connectivity index (χ0v) is 14.8. The van der Waals surface area contributed by atoms with E-state index in [4.69, 9.17) is 4.74 Å². The molecular weight excluding hydrogens is 300 g/mol. The van der Waals surface area contributed by atoms with Crippen molar-refractivity contribution in [2.45, 2.75) is 26.4 Å². The van der Waals surface area contributed by atoms with E-state index >= 15 is 0 Å². The first-order valence-corrected chi connectivity index (χ1v) is 8.55. The van der Waals surface area contributed by atoms with Gasteiger partial charge in [0.2, 0.25) is 0 Å². The van der Waals surface area contributed by atoms with Crippen LogP contribution in [0, 0.1) is 0 Å². The first-order valence-electron chi connectivity index (χ1n) is 8.55. The lowest BCUT2D eigenvalue weighted by atomic mass is 10.0. The molecule has 1 atom stereocenters. The molecule has 4 nitrogen and oxygen atoms in total. The van der Waals surface area contributed by atoms with Crippen LogP contribution in [0.2, 0.25) is 0 Å². The molecule has 24 heavy (non-hydrogen) atoms. The molecule has 0 aliphatic heterocycles. The Kier molecular flexibility index (Phi) is 7.09. The van der Waals surface area contributed by atoms with Crippen molar-refractivity contribution >= 4 is 0 Å². The van der Waals surface area contributed by atoms with Crippen molar-refractivity contribution in [1.29, 1.82) is 0 Å². The zero-order valence-electron chi connectivity index (χ0n) is 14.8. The van der Waals surface area contributed by atoms with Gasteiger partial charge in [-0.15, -0.1) is 0 Å². The quantitative estimate of drug-likeness (QED) is 0.738. The Balaban J connectivity index is 2.01. The maximum Gasteiger partial charge on any atom is 0.160 e. The molecular formula is C20H28N2O2. The Morgan fingerprint density at radius 3 is 2.38 bits per heavy atom. The minimum absolute atomic E-state index is 0.181. The zero-order chi connectivity index (χ0) is 17.4. The highest BCUT2D eigenvalue weighted by atomic mass is 16.5. The molecule has 4 heteroatoms. The minimum atomic E-state index is 0.181. The summed E-state index contributed by atoms with van der Waals surface area (Å²) in [6.07, 6.45) is 0. The van der Waals surface area contributed by atoms with E-state index in [0.717, 1.165) is 25.2 Å². The molecule has 0 amide bonds. The van der Waals surface area contributed by atoms with Crippen molar-refractivity contribution in [3.05, 3.63) is 59.7 Å². The van der Waals surface area contributed by atoms with Crippen LogP contribution < -0.4 is 10.1 Å². The van der Waals surface area contributed by atoms with Gasteiger partial charge in [0, 0.05) is 19.1 Å². The molecule has 0 radical (unpaired) electrons. The fraction of sp³-hybridized carbons (Fsp3) is 0.400. The summed E-state index contributed by atoms with van der Waals surface area (Å²) in [6.45, 7) is 7.99. The second-order valence-electron chi connectivity index (χ2n) is 5.78. The maximum atomic E-state index is 9.88. The van der Waals surface area contributed by atoms with Gasteiger partial charge in [-0.05, 0) is 36.3 Å². The summed E-state index contributed by atoms with van der Waals surface area (Å²) in [6, 6.07) is 16.5. The molecule has 0 fully saturated rings. The van der Waals surface area contributed by atoms with Gasteiger partial charge in [-0.2, -0.15) is 0 Å². The Bertz CT molecular complexity index is 612. The van der Waals surface area contributed by atoms with E-state index in [1.807, 2.05) is 6.07 Å². The molecule has 0 aromatic heterocycles. The Morgan fingerprint density at radius 2 is 1.79 bits per heavy atom. The lowest BCUT2D eigenvalue weighted by molar-refractivity contribution is 0.213. The Hall–Kier alpha value is -2.04. The molecule has 2 aromatic rings. The van der Waals surface area contributed by atoms with Gasteiger partial charge in [-0.1, -0.05) is 50.2 Å². The highest BCUT2D eigenvalue weighted by molar-refractivity contribution is 5.41. The van der Waals surface area contributed by atoms with E-state index in [-0.39, 0.29) is 5.75 Å². The van der Waals surface area contributed by atoms with Gasteiger partial charge in [0.15, 0.2) is 11.5 Å². The smallest absolute Gasteiger partial charge is 0.160 e. The van der Waals surface area contributed by atoms with Crippen LogP contribution in [0.4, 0.5) is 0 Å². The summed E-state index contributed by atoms with van der Waals surface area (Å²) in [5, 5.41) is 13.4. The number of phenolic OH excluding ortho intramolecular Hbond substituents is 1. The number of methoxy groups -OCH3 is 1. The first-order chi connectivity index (χ1) is 11.7. The second kappa shape index (κ2) is 9.30. The van der Waals surface area contributed by atoms with E-state index in [2.05, 4.69) is 54.4 Å². The minimum Gasteiger partial charge on any atom is -0.504 e. The van der Waals surface area contributed by atoms with Crippen LogP contribution in [0.1, 0.15) is 31.0 Å². The molecule has 0 heterocycles.